The largest absolute Gasteiger partial charge is 0.384 e. The Morgan fingerprint density at radius 3 is 2.58 bits per heavy atom. The zero-order valence-corrected chi connectivity index (χ0v) is 12.1. The van der Waals surface area contributed by atoms with Crippen LogP contribution in [0.5, 0.6) is 0 Å². The first kappa shape index (κ1) is 14.1. The minimum absolute atomic E-state index is 0.0190. The predicted octanol–water partition coefficient (Wildman–Crippen LogP) is 2.85. The molecule has 1 aliphatic rings. The number of benzene rings is 1. The van der Waals surface area contributed by atoms with E-state index in [-0.39, 0.29) is 11.3 Å². The maximum Gasteiger partial charge on any atom is 0.251 e. The number of nitrogens with one attached hydrogen (secondary N) is 1. The molecule has 0 spiro atoms. The van der Waals surface area contributed by atoms with Gasteiger partial charge in [0.1, 0.15) is 0 Å². The molecule has 1 aromatic rings. The van der Waals surface area contributed by atoms with Crippen LogP contribution in [0.1, 0.15) is 40.7 Å². The summed E-state index contributed by atoms with van der Waals surface area (Å²) in [5.74, 6) is 0.0190. The van der Waals surface area contributed by atoms with Crippen molar-refractivity contribution in [3.63, 3.8) is 0 Å². The molecule has 0 radical (unpaired) electrons. The Kier molecular flexibility index (Phi) is 4.25. The molecule has 0 bridgehead atoms. The first-order valence-corrected chi connectivity index (χ1v) is 6.91. The monoisotopic (exact) mass is 261 g/mol. The van der Waals surface area contributed by atoms with Gasteiger partial charge in [-0.1, -0.05) is 12.5 Å². The van der Waals surface area contributed by atoms with Gasteiger partial charge in [0.05, 0.1) is 6.61 Å². The zero-order chi connectivity index (χ0) is 13.9. The number of rotatable bonds is 5. The van der Waals surface area contributed by atoms with Crippen LogP contribution in [0, 0.1) is 19.3 Å². The van der Waals surface area contributed by atoms with Gasteiger partial charge in [-0.2, -0.15) is 0 Å². The number of carbonyl (C=O) groups excluding carboxylic acids is 1. The summed E-state index contributed by atoms with van der Waals surface area (Å²) < 4.78 is 5.27. The lowest BCUT2D eigenvalue weighted by Crippen LogP contribution is -2.45. The number of hydrogen-bond acceptors (Lipinski definition) is 2. The Hall–Kier alpha value is -1.35. The van der Waals surface area contributed by atoms with Gasteiger partial charge < -0.3 is 10.1 Å². The van der Waals surface area contributed by atoms with Crippen molar-refractivity contribution < 1.29 is 9.53 Å². The molecule has 1 saturated carbocycles. The molecule has 1 fully saturated rings. The summed E-state index contributed by atoms with van der Waals surface area (Å²) in [5, 5.41) is 3.05. The van der Waals surface area contributed by atoms with Crippen LogP contribution in [0.4, 0.5) is 0 Å². The molecule has 1 amide bonds. The van der Waals surface area contributed by atoms with Crippen LogP contribution in [-0.2, 0) is 4.74 Å². The second-order valence-electron chi connectivity index (χ2n) is 5.77. The molecular weight excluding hydrogens is 238 g/mol. The van der Waals surface area contributed by atoms with Crippen LogP contribution >= 0.6 is 0 Å². The van der Waals surface area contributed by atoms with Crippen molar-refractivity contribution in [2.75, 3.05) is 20.3 Å². The van der Waals surface area contributed by atoms with Crippen molar-refractivity contribution in [1.29, 1.82) is 0 Å². The highest BCUT2D eigenvalue weighted by Crippen LogP contribution is 2.40. The molecule has 1 aromatic carbocycles. The summed E-state index contributed by atoms with van der Waals surface area (Å²) in [5.41, 5.74) is 3.29. The summed E-state index contributed by atoms with van der Waals surface area (Å²) in [4.78, 5) is 12.1. The topological polar surface area (TPSA) is 38.3 Å². The van der Waals surface area contributed by atoms with Crippen LogP contribution in [0.2, 0.25) is 0 Å². The molecule has 1 N–H and O–H groups in total. The SMILES string of the molecule is COCC1(CNC(=O)c2ccc(C)c(C)c2)CCC1. The van der Waals surface area contributed by atoms with Crippen LogP contribution in [-0.4, -0.2) is 26.2 Å². The Morgan fingerprint density at radius 2 is 2.05 bits per heavy atom. The summed E-state index contributed by atoms with van der Waals surface area (Å²) in [6, 6.07) is 5.84. The standard InChI is InChI=1S/C16H23NO2/c1-12-5-6-14(9-13(12)2)15(18)17-10-16(11-19-3)7-4-8-16/h5-6,9H,4,7-8,10-11H2,1-3H3,(H,17,18). The Bertz CT molecular complexity index is 464. The molecule has 19 heavy (non-hydrogen) atoms. The maximum absolute atomic E-state index is 12.1. The lowest BCUT2D eigenvalue weighted by atomic mass is 9.69. The fourth-order valence-electron chi connectivity index (χ4n) is 2.61. The summed E-state index contributed by atoms with van der Waals surface area (Å²) in [6.07, 6.45) is 3.53. The van der Waals surface area contributed by atoms with Crippen molar-refractivity contribution >= 4 is 5.91 Å². The van der Waals surface area contributed by atoms with Gasteiger partial charge in [0.15, 0.2) is 0 Å². The van der Waals surface area contributed by atoms with Crippen molar-refractivity contribution in [3.8, 4) is 0 Å². The van der Waals surface area contributed by atoms with E-state index >= 15 is 0 Å². The molecule has 3 heteroatoms. The average Bonchev–Trinajstić information content (AvgIpc) is 2.35. The van der Waals surface area contributed by atoms with E-state index in [0.29, 0.717) is 6.54 Å². The van der Waals surface area contributed by atoms with E-state index in [0.717, 1.165) is 30.6 Å². The minimum atomic E-state index is 0.0190. The van der Waals surface area contributed by atoms with E-state index in [4.69, 9.17) is 4.74 Å². The van der Waals surface area contributed by atoms with Gasteiger partial charge >= 0.3 is 0 Å². The minimum Gasteiger partial charge on any atom is -0.384 e. The fourth-order valence-corrected chi connectivity index (χ4v) is 2.61. The van der Waals surface area contributed by atoms with Crippen molar-refractivity contribution in [1.82, 2.24) is 5.32 Å². The van der Waals surface area contributed by atoms with Crippen LogP contribution in [0.15, 0.2) is 18.2 Å². The lowest BCUT2D eigenvalue weighted by molar-refractivity contribution is 0.0180. The second-order valence-corrected chi connectivity index (χ2v) is 5.77. The van der Waals surface area contributed by atoms with Gasteiger partial charge in [0.2, 0.25) is 0 Å². The molecule has 0 aliphatic heterocycles. The van der Waals surface area contributed by atoms with Crippen molar-refractivity contribution in [2.45, 2.75) is 33.1 Å². The predicted molar refractivity (Wildman–Crippen MR) is 76.4 cm³/mol. The highest BCUT2D eigenvalue weighted by atomic mass is 16.5. The normalized spacial score (nSPS) is 16.8. The Morgan fingerprint density at radius 1 is 1.32 bits per heavy atom. The van der Waals surface area contributed by atoms with E-state index in [1.165, 1.54) is 12.0 Å². The third kappa shape index (κ3) is 3.16. The van der Waals surface area contributed by atoms with E-state index in [1.807, 2.05) is 25.1 Å². The molecular formula is C16H23NO2. The Labute approximate surface area is 115 Å². The van der Waals surface area contributed by atoms with Crippen molar-refractivity contribution in [3.05, 3.63) is 34.9 Å². The highest BCUT2D eigenvalue weighted by molar-refractivity contribution is 5.94. The zero-order valence-electron chi connectivity index (χ0n) is 12.1. The molecule has 0 heterocycles. The summed E-state index contributed by atoms with van der Waals surface area (Å²) in [7, 11) is 1.73. The van der Waals surface area contributed by atoms with Crippen molar-refractivity contribution in [2.24, 2.45) is 5.41 Å². The number of amides is 1. The third-order valence-electron chi connectivity index (χ3n) is 4.26. The van der Waals surface area contributed by atoms with E-state index in [9.17, 15) is 4.79 Å². The highest BCUT2D eigenvalue weighted by Gasteiger charge is 2.37. The van der Waals surface area contributed by atoms with Crippen LogP contribution < -0.4 is 5.32 Å². The molecule has 104 valence electrons. The molecule has 0 atom stereocenters. The number of hydrogen-bond donors (Lipinski definition) is 1. The maximum atomic E-state index is 12.1. The van der Waals surface area contributed by atoms with Gasteiger partial charge in [0.25, 0.3) is 5.91 Å². The van der Waals surface area contributed by atoms with Gasteiger partial charge in [-0.15, -0.1) is 0 Å². The fraction of sp³-hybridized carbons (Fsp3) is 0.562. The number of aryl methyl sites for hydroxylation is 2. The second kappa shape index (κ2) is 5.74. The summed E-state index contributed by atoms with van der Waals surface area (Å²) >= 11 is 0. The van der Waals surface area contributed by atoms with Gasteiger partial charge in [-0.3, -0.25) is 4.79 Å². The van der Waals surface area contributed by atoms with Crippen LogP contribution in [0.25, 0.3) is 0 Å². The molecule has 0 aromatic heterocycles. The van der Waals surface area contributed by atoms with E-state index in [2.05, 4.69) is 12.2 Å². The van der Waals surface area contributed by atoms with E-state index in [1.54, 1.807) is 7.11 Å². The number of ether oxygens (including phenoxy) is 1. The quantitative estimate of drug-likeness (QED) is 0.885. The average molecular weight is 261 g/mol. The van der Waals surface area contributed by atoms with Crippen LogP contribution in [0.3, 0.4) is 0 Å². The smallest absolute Gasteiger partial charge is 0.251 e. The summed E-state index contributed by atoms with van der Waals surface area (Å²) in [6.45, 7) is 5.54. The third-order valence-corrected chi connectivity index (χ3v) is 4.26. The molecule has 2 rings (SSSR count). The van der Waals surface area contributed by atoms with Gasteiger partial charge in [-0.25, -0.2) is 0 Å². The first-order chi connectivity index (χ1) is 9.06. The molecule has 3 nitrogen and oxygen atoms in total. The Balaban J connectivity index is 1.95. The lowest BCUT2D eigenvalue weighted by Gasteiger charge is -2.41. The number of methoxy groups -OCH3 is 1. The van der Waals surface area contributed by atoms with E-state index < -0.39 is 0 Å². The molecule has 1 aliphatic carbocycles. The van der Waals surface area contributed by atoms with Gasteiger partial charge in [-0.05, 0) is 49.9 Å². The van der Waals surface area contributed by atoms with Gasteiger partial charge in [0, 0.05) is 24.6 Å². The molecule has 0 saturated heterocycles. The number of carbonyl (C=O) groups is 1. The molecule has 0 unspecified atom stereocenters. The first-order valence-electron chi connectivity index (χ1n) is 6.91.